The first kappa shape index (κ1) is 15.8. The molecule has 0 aliphatic carbocycles. The molecule has 0 saturated heterocycles. The number of pyridine rings is 1. The largest absolute Gasteiger partial charge is 0.394 e. The van der Waals surface area contributed by atoms with Gasteiger partial charge in [0.1, 0.15) is 5.65 Å². The first-order valence-electron chi connectivity index (χ1n) is 7.52. The first-order chi connectivity index (χ1) is 10.0. The minimum Gasteiger partial charge on any atom is -0.394 e. The zero-order valence-corrected chi connectivity index (χ0v) is 13.4. The summed E-state index contributed by atoms with van der Waals surface area (Å²) in [5.74, 6) is 0.920. The van der Waals surface area contributed by atoms with Crippen molar-refractivity contribution in [3.8, 4) is 0 Å². The average Bonchev–Trinajstić information content (AvgIpc) is 2.85. The number of hydrogen-bond donors (Lipinski definition) is 2. The van der Waals surface area contributed by atoms with Crippen molar-refractivity contribution in [2.75, 3.05) is 25.1 Å². The molecule has 0 fully saturated rings. The zero-order valence-electron chi connectivity index (χ0n) is 13.4. The van der Waals surface area contributed by atoms with E-state index in [1.807, 2.05) is 45.3 Å². The summed E-state index contributed by atoms with van der Waals surface area (Å²) in [4.78, 5) is 6.80. The molecule has 5 nitrogen and oxygen atoms in total. The third kappa shape index (κ3) is 3.19. The Labute approximate surface area is 126 Å². The molecule has 0 aliphatic heterocycles. The second-order valence-electron chi connectivity index (χ2n) is 6.02. The van der Waals surface area contributed by atoms with Crippen molar-refractivity contribution in [2.45, 2.75) is 39.3 Å². The maximum atomic E-state index is 9.61. The van der Waals surface area contributed by atoms with Crippen LogP contribution in [0.5, 0.6) is 0 Å². The van der Waals surface area contributed by atoms with Crippen molar-refractivity contribution >= 4 is 11.5 Å². The molecular weight excluding hydrogens is 264 g/mol. The van der Waals surface area contributed by atoms with Crippen LogP contribution < -0.4 is 10.2 Å². The lowest BCUT2D eigenvalue weighted by molar-refractivity contribution is 0.215. The number of likely N-dealkylation sites (N-methyl/N-ethyl adjacent to an activating group) is 1. The Morgan fingerprint density at radius 3 is 2.81 bits per heavy atom. The molecule has 21 heavy (non-hydrogen) atoms. The molecule has 2 N–H and O–H groups in total. The third-order valence-corrected chi connectivity index (χ3v) is 3.94. The van der Waals surface area contributed by atoms with Crippen molar-refractivity contribution in [1.82, 2.24) is 14.7 Å². The van der Waals surface area contributed by atoms with Crippen LogP contribution in [0.25, 0.3) is 5.65 Å². The Hall–Kier alpha value is -1.59. The number of hydrogen-bond acceptors (Lipinski definition) is 4. The van der Waals surface area contributed by atoms with Crippen LogP contribution in [-0.4, -0.2) is 40.2 Å². The van der Waals surface area contributed by atoms with Gasteiger partial charge in [-0.25, -0.2) is 4.98 Å². The van der Waals surface area contributed by atoms with Gasteiger partial charge < -0.3 is 19.7 Å². The molecule has 2 rings (SSSR count). The molecule has 0 amide bonds. The molecule has 0 spiro atoms. The Balaban J connectivity index is 2.43. The summed E-state index contributed by atoms with van der Waals surface area (Å²) >= 11 is 0. The number of imidazole rings is 1. The standard InChI is InChI=1S/C16H26N4O/c1-5-9-17-11-13-15(19(4)16(2,3)12-21)18-14-8-6-7-10-20(13)14/h6-8,10,17,21H,5,9,11-12H2,1-4H3. The van der Waals surface area contributed by atoms with E-state index in [0.717, 1.165) is 36.7 Å². The van der Waals surface area contributed by atoms with Gasteiger partial charge in [0.2, 0.25) is 0 Å². The van der Waals surface area contributed by atoms with E-state index in [9.17, 15) is 5.11 Å². The summed E-state index contributed by atoms with van der Waals surface area (Å²) < 4.78 is 2.11. The summed E-state index contributed by atoms with van der Waals surface area (Å²) in [6.45, 7) is 8.01. The van der Waals surface area contributed by atoms with E-state index in [0.29, 0.717) is 0 Å². The van der Waals surface area contributed by atoms with E-state index < -0.39 is 0 Å². The molecule has 0 bridgehead atoms. The minimum atomic E-state index is -0.350. The molecular formula is C16H26N4O. The summed E-state index contributed by atoms with van der Waals surface area (Å²) in [6.07, 6.45) is 3.14. The first-order valence-corrected chi connectivity index (χ1v) is 7.52. The highest BCUT2D eigenvalue weighted by Crippen LogP contribution is 2.26. The Bertz CT molecular complexity index is 591. The summed E-state index contributed by atoms with van der Waals surface area (Å²) in [5, 5.41) is 13.1. The Kier molecular flexibility index (Phi) is 4.85. The van der Waals surface area contributed by atoms with Crippen LogP contribution in [0.1, 0.15) is 32.9 Å². The van der Waals surface area contributed by atoms with Crippen LogP contribution in [0.2, 0.25) is 0 Å². The van der Waals surface area contributed by atoms with Gasteiger partial charge in [-0.3, -0.25) is 0 Å². The van der Waals surface area contributed by atoms with Crippen LogP contribution in [0.4, 0.5) is 5.82 Å². The minimum absolute atomic E-state index is 0.0825. The number of fused-ring (bicyclic) bond motifs is 1. The van der Waals surface area contributed by atoms with Gasteiger partial charge in [0, 0.05) is 19.8 Å². The van der Waals surface area contributed by atoms with Crippen molar-refractivity contribution in [3.63, 3.8) is 0 Å². The van der Waals surface area contributed by atoms with E-state index in [-0.39, 0.29) is 12.1 Å². The van der Waals surface area contributed by atoms with Crippen molar-refractivity contribution in [2.24, 2.45) is 0 Å². The van der Waals surface area contributed by atoms with Crippen LogP contribution in [-0.2, 0) is 6.54 Å². The van der Waals surface area contributed by atoms with Crippen LogP contribution in [0.3, 0.4) is 0 Å². The quantitative estimate of drug-likeness (QED) is 0.766. The molecule has 2 aromatic heterocycles. The lowest BCUT2D eigenvalue weighted by Crippen LogP contribution is -2.45. The maximum absolute atomic E-state index is 9.61. The lowest BCUT2D eigenvalue weighted by atomic mass is 10.1. The van der Waals surface area contributed by atoms with Gasteiger partial charge in [0.05, 0.1) is 17.8 Å². The average molecular weight is 290 g/mol. The third-order valence-electron chi connectivity index (χ3n) is 3.94. The van der Waals surface area contributed by atoms with Gasteiger partial charge in [-0.05, 0) is 38.9 Å². The molecule has 2 aromatic rings. The number of aliphatic hydroxyl groups is 1. The molecule has 0 saturated carbocycles. The predicted octanol–water partition coefficient (Wildman–Crippen LogP) is 2.04. The lowest BCUT2D eigenvalue weighted by Gasteiger charge is -2.34. The van der Waals surface area contributed by atoms with Gasteiger partial charge in [0.25, 0.3) is 0 Å². The van der Waals surface area contributed by atoms with Crippen molar-refractivity contribution in [1.29, 1.82) is 0 Å². The van der Waals surface area contributed by atoms with E-state index in [4.69, 9.17) is 4.98 Å². The summed E-state index contributed by atoms with van der Waals surface area (Å²) in [5.41, 5.74) is 1.71. The Morgan fingerprint density at radius 2 is 2.14 bits per heavy atom. The van der Waals surface area contributed by atoms with Crippen molar-refractivity contribution in [3.05, 3.63) is 30.1 Å². The van der Waals surface area contributed by atoms with E-state index in [2.05, 4.69) is 21.5 Å². The number of nitrogens with zero attached hydrogens (tertiary/aromatic N) is 3. The fraction of sp³-hybridized carbons (Fsp3) is 0.562. The van der Waals surface area contributed by atoms with Gasteiger partial charge >= 0.3 is 0 Å². The number of aromatic nitrogens is 2. The van der Waals surface area contributed by atoms with Crippen molar-refractivity contribution < 1.29 is 5.11 Å². The van der Waals surface area contributed by atoms with E-state index in [1.165, 1.54) is 0 Å². The molecule has 0 radical (unpaired) electrons. The molecule has 0 aliphatic rings. The molecule has 0 aromatic carbocycles. The molecule has 2 heterocycles. The van der Waals surface area contributed by atoms with E-state index in [1.54, 1.807) is 0 Å². The summed E-state index contributed by atoms with van der Waals surface area (Å²) in [7, 11) is 1.99. The predicted molar refractivity (Wildman–Crippen MR) is 86.8 cm³/mol. The van der Waals surface area contributed by atoms with Gasteiger partial charge in [-0.1, -0.05) is 13.0 Å². The number of nitrogens with one attached hydrogen (secondary N) is 1. The van der Waals surface area contributed by atoms with Gasteiger partial charge in [0.15, 0.2) is 5.82 Å². The topological polar surface area (TPSA) is 52.8 Å². The van der Waals surface area contributed by atoms with Crippen LogP contribution in [0, 0.1) is 0 Å². The molecule has 116 valence electrons. The fourth-order valence-corrected chi connectivity index (χ4v) is 2.24. The highest BCUT2D eigenvalue weighted by molar-refractivity contribution is 5.56. The number of anilines is 1. The normalized spacial score (nSPS) is 12.0. The second kappa shape index (κ2) is 6.45. The number of rotatable bonds is 7. The van der Waals surface area contributed by atoms with Crippen LogP contribution >= 0.6 is 0 Å². The highest BCUT2D eigenvalue weighted by Gasteiger charge is 2.27. The maximum Gasteiger partial charge on any atom is 0.152 e. The number of aliphatic hydroxyl groups excluding tert-OH is 1. The Morgan fingerprint density at radius 1 is 1.38 bits per heavy atom. The molecule has 0 atom stereocenters. The van der Waals surface area contributed by atoms with E-state index >= 15 is 0 Å². The van der Waals surface area contributed by atoms with Crippen LogP contribution in [0.15, 0.2) is 24.4 Å². The zero-order chi connectivity index (χ0) is 15.5. The van der Waals surface area contributed by atoms with Gasteiger partial charge in [-0.15, -0.1) is 0 Å². The monoisotopic (exact) mass is 290 g/mol. The van der Waals surface area contributed by atoms with Gasteiger partial charge in [-0.2, -0.15) is 0 Å². The second-order valence-corrected chi connectivity index (χ2v) is 6.02. The molecule has 0 unspecified atom stereocenters. The fourth-order valence-electron chi connectivity index (χ4n) is 2.24. The SMILES string of the molecule is CCCNCc1c(N(C)C(C)(C)CO)nc2ccccn12. The highest BCUT2D eigenvalue weighted by atomic mass is 16.3. The summed E-state index contributed by atoms with van der Waals surface area (Å²) in [6, 6.07) is 6.01. The smallest absolute Gasteiger partial charge is 0.152 e. The molecule has 5 heteroatoms.